The van der Waals surface area contributed by atoms with Gasteiger partial charge in [-0.25, -0.2) is 4.98 Å². The molecule has 4 N–H and O–H groups in total. The van der Waals surface area contributed by atoms with E-state index in [-0.39, 0.29) is 24.5 Å². The van der Waals surface area contributed by atoms with Gasteiger partial charge in [-0.3, -0.25) is 14.4 Å². The molecule has 3 aromatic rings. The second-order valence-corrected chi connectivity index (χ2v) is 7.20. The first-order chi connectivity index (χ1) is 14.4. The topological polar surface area (TPSA) is 124 Å². The lowest BCUT2D eigenvalue weighted by atomic mass is 9.86. The second kappa shape index (κ2) is 7.82. The van der Waals surface area contributed by atoms with Gasteiger partial charge < -0.3 is 20.7 Å². The number of anilines is 3. The maximum absolute atomic E-state index is 12.9. The van der Waals surface area contributed by atoms with Crippen LogP contribution in [-0.4, -0.2) is 32.7 Å². The largest absolute Gasteiger partial charge is 0.481 e. The molecule has 1 aromatic carbocycles. The third kappa shape index (κ3) is 3.80. The van der Waals surface area contributed by atoms with E-state index >= 15 is 0 Å². The van der Waals surface area contributed by atoms with E-state index in [4.69, 9.17) is 0 Å². The SMILES string of the molecule is CC(=O)Nc1cc(-c2[nH]c3c(c2Nc2ccccc2)C(=O)CC(C(=O)O)C3)ccn1. The highest BCUT2D eigenvalue weighted by Gasteiger charge is 2.34. The molecule has 1 unspecified atom stereocenters. The molecule has 8 nitrogen and oxygen atoms in total. The minimum Gasteiger partial charge on any atom is -0.481 e. The van der Waals surface area contributed by atoms with Crippen LogP contribution in [0.3, 0.4) is 0 Å². The van der Waals surface area contributed by atoms with Crippen molar-refractivity contribution in [3.63, 3.8) is 0 Å². The maximum atomic E-state index is 12.9. The molecule has 1 atom stereocenters. The van der Waals surface area contributed by atoms with Gasteiger partial charge in [0.1, 0.15) is 5.82 Å². The van der Waals surface area contributed by atoms with Crippen LogP contribution in [0.4, 0.5) is 17.2 Å². The molecule has 0 spiro atoms. The molecule has 2 aromatic heterocycles. The molecule has 0 saturated heterocycles. The number of fused-ring (bicyclic) bond motifs is 1. The zero-order valence-corrected chi connectivity index (χ0v) is 16.2. The molecule has 0 bridgehead atoms. The van der Waals surface area contributed by atoms with Crippen LogP contribution in [0.25, 0.3) is 11.3 Å². The number of hydrogen-bond acceptors (Lipinski definition) is 5. The highest BCUT2D eigenvalue weighted by atomic mass is 16.4. The zero-order valence-electron chi connectivity index (χ0n) is 16.2. The first-order valence-electron chi connectivity index (χ1n) is 9.49. The number of carbonyl (C=O) groups excluding carboxylic acids is 2. The number of para-hydroxylation sites is 1. The zero-order chi connectivity index (χ0) is 21.3. The maximum Gasteiger partial charge on any atom is 0.307 e. The number of carboxylic acid groups (broad SMARTS) is 1. The lowest BCUT2D eigenvalue weighted by molar-refractivity contribution is -0.141. The van der Waals surface area contributed by atoms with Crippen molar-refractivity contribution in [2.75, 3.05) is 10.6 Å². The van der Waals surface area contributed by atoms with Gasteiger partial charge in [0.25, 0.3) is 0 Å². The van der Waals surface area contributed by atoms with Gasteiger partial charge in [-0.2, -0.15) is 0 Å². The Hall–Kier alpha value is -3.94. The molecule has 0 aliphatic heterocycles. The van der Waals surface area contributed by atoms with E-state index in [1.165, 1.54) is 6.92 Å². The summed E-state index contributed by atoms with van der Waals surface area (Å²) in [6.45, 7) is 1.40. The average Bonchev–Trinajstić information content (AvgIpc) is 3.07. The van der Waals surface area contributed by atoms with Crippen molar-refractivity contribution in [1.29, 1.82) is 0 Å². The highest BCUT2D eigenvalue weighted by molar-refractivity contribution is 6.08. The third-order valence-electron chi connectivity index (χ3n) is 4.98. The Morgan fingerprint density at radius 1 is 1.17 bits per heavy atom. The van der Waals surface area contributed by atoms with Crippen molar-refractivity contribution in [3.05, 3.63) is 59.9 Å². The number of hydrogen-bond donors (Lipinski definition) is 4. The number of Topliss-reactive ketones (excluding diaryl/α,β-unsaturated/α-hetero) is 1. The molecule has 2 heterocycles. The number of ketones is 1. The van der Waals surface area contributed by atoms with E-state index in [1.54, 1.807) is 18.3 Å². The van der Waals surface area contributed by atoms with Gasteiger partial charge >= 0.3 is 5.97 Å². The van der Waals surface area contributed by atoms with E-state index in [9.17, 15) is 19.5 Å². The fourth-order valence-electron chi connectivity index (χ4n) is 3.67. The second-order valence-electron chi connectivity index (χ2n) is 7.20. The highest BCUT2D eigenvalue weighted by Crippen LogP contribution is 2.40. The van der Waals surface area contributed by atoms with Crippen molar-refractivity contribution in [2.24, 2.45) is 5.92 Å². The number of carbonyl (C=O) groups is 3. The molecule has 0 radical (unpaired) electrons. The Kier molecular flexibility index (Phi) is 5.05. The van der Waals surface area contributed by atoms with Crippen LogP contribution in [0.5, 0.6) is 0 Å². The fraction of sp³-hybridized carbons (Fsp3) is 0.182. The van der Waals surface area contributed by atoms with E-state index in [0.29, 0.717) is 34.0 Å². The molecular formula is C22H20N4O4. The number of carboxylic acids is 1. The van der Waals surface area contributed by atoms with Crippen LogP contribution in [0, 0.1) is 5.92 Å². The summed E-state index contributed by atoms with van der Waals surface area (Å²) < 4.78 is 0. The minimum atomic E-state index is -0.987. The smallest absolute Gasteiger partial charge is 0.307 e. The van der Waals surface area contributed by atoms with Crippen molar-refractivity contribution in [1.82, 2.24) is 9.97 Å². The number of aromatic nitrogens is 2. The molecule has 4 rings (SSSR count). The number of aromatic amines is 1. The van der Waals surface area contributed by atoms with Gasteiger partial charge in [0, 0.05) is 42.9 Å². The summed E-state index contributed by atoms with van der Waals surface area (Å²) in [5.74, 6) is -1.82. The van der Waals surface area contributed by atoms with Gasteiger partial charge in [-0.05, 0) is 24.3 Å². The van der Waals surface area contributed by atoms with Gasteiger partial charge in [0.2, 0.25) is 5.91 Å². The summed E-state index contributed by atoms with van der Waals surface area (Å²) in [6.07, 6.45) is 1.76. The van der Waals surface area contributed by atoms with Gasteiger partial charge in [0.05, 0.1) is 22.9 Å². The predicted octanol–water partition coefficient (Wildman–Crippen LogP) is 3.61. The van der Waals surface area contributed by atoms with Gasteiger partial charge in [0.15, 0.2) is 5.78 Å². The summed E-state index contributed by atoms with van der Waals surface area (Å²) in [7, 11) is 0. The molecule has 0 saturated carbocycles. The number of nitrogens with zero attached hydrogens (tertiary/aromatic N) is 1. The van der Waals surface area contributed by atoms with Crippen LogP contribution in [0.2, 0.25) is 0 Å². The van der Waals surface area contributed by atoms with Gasteiger partial charge in [-0.15, -0.1) is 0 Å². The number of amides is 1. The number of pyridine rings is 1. The van der Waals surface area contributed by atoms with Crippen LogP contribution in [-0.2, 0) is 16.0 Å². The summed E-state index contributed by atoms with van der Waals surface area (Å²) in [6, 6.07) is 12.9. The van der Waals surface area contributed by atoms with Crippen LogP contribution in [0.15, 0.2) is 48.7 Å². The summed E-state index contributed by atoms with van der Waals surface area (Å²) >= 11 is 0. The summed E-state index contributed by atoms with van der Waals surface area (Å²) in [5.41, 5.74) is 3.79. The quantitative estimate of drug-likeness (QED) is 0.515. The number of aliphatic carboxylic acids is 1. The fourth-order valence-corrected chi connectivity index (χ4v) is 3.67. The van der Waals surface area contributed by atoms with Crippen LogP contribution < -0.4 is 10.6 Å². The molecule has 1 aliphatic rings. The lowest BCUT2D eigenvalue weighted by Gasteiger charge is -2.18. The molecule has 30 heavy (non-hydrogen) atoms. The minimum absolute atomic E-state index is 0.0451. The van der Waals surface area contributed by atoms with Gasteiger partial charge in [-0.1, -0.05) is 18.2 Å². The molecular weight excluding hydrogens is 384 g/mol. The third-order valence-corrected chi connectivity index (χ3v) is 4.98. The average molecular weight is 404 g/mol. The Labute approximate surface area is 172 Å². The van der Waals surface area contributed by atoms with Crippen molar-refractivity contribution >= 4 is 34.9 Å². The summed E-state index contributed by atoms with van der Waals surface area (Å²) in [4.78, 5) is 43.1. The number of nitrogens with one attached hydrogen (secondary N) is 3. The Bertz CT molecular complexity index is 1140. The number of benzene rings is 1. The van der Waals surface area contributed by atoms with Crippen molar-refractivity contribution in [3.8, 4) is 11.3 Å². The Morgan fingerprint density at radius 2 is 1.93 bits per heavy atom. The first-order valence-corrected chi connectivity index (χ1v) is 9.49. The van der Waals surface area contributed by atoms with E-state index in [2.05, 4.69) is 20.6 Å². The monoisotopic (exact) mass is 404 g/mol. The van der Waals surface area contributed by atoms with Crippen LogP contribution >= 0.6 is 0 Å². The van der Waals surface area contributed by atoms with Crippen molar-refractivity contribution < 1.29 is 19.5 Å². The normalized spacial score (nSPS) is 15.4. The molecule has 152 valence electrons. The summed E-state index contributed by atoms with van der Waals surface area (Å²) in [5, 5.41) is 15.4. The predicted molar refractivity (Wildman–Crippen MR) is 112 cm³/mol. The van der Waals surface area contributed by atoms with E-state index in [1.807, 2.05) is 30.3 Å². The van der Waals surface area contributed by atoms with Crippen LogP contribution in [0.1, 0.15) is 29.4 Å². The lowest BCUT2D eigenvalue weighted by Crippen LogP contribution is -2.26. The first kappa shape index (κ1) is 19.4. The number of rotatable bonds is 5. The molecule has 1 aliphatic carbocycles. The Morgan fingerprint density at radius 3 is 2.63 bits per heavy atom. The van der Waals surface area contributed by atoms with Crippen molar-refractivity contribution in [2.45, 2.75) is 19.8 Å². The molecule has 8 heteroatoms. The molecule has 1 amide bonds. The standard InChI is InChI=1S/C22H20N4O4/c1-12(27)24-18-11-13(7-8-23-18)20-21(25-15-5-3-2-4-6-15)19-16(26-20)9-14(22(29)30)10-17(19)28/h2-8,11,14,25-26H,9-10H2,1H3,(H,29,30)(H,23,24,27). The molecule has 0 fully saturated rings. The van der Waals surface area contributed by atoms with E-state index in [0.717, 1.165) is 5.69 Å². The Balaban J connectivity index is 1.84. The number of H-pyrrole nitrogens is 1. The van der Waals surface area contributed by atoms with E-state index < -0.39 is 11.9 Å².